The molecule has 0 aliphatic carbocycles. The second-order valence-electron chi connectivity index (χ2n) is 7.54. The lowest BCUT2D eigenvalue weighted by molar-refractivity contribution is 0.0804. The predicted molar refractivity (Wildman–Crippen MR) is 112 cm³/mol. The van der Waals surface area contributed by atoms with E-state index in [1.807, 2.05) is 60.7 Å². The lowest BCUT2D eigenvalue weighted by Crippen LogP contribution is -2.48. The van der Waals surface area contributed by atoms with Gasteiger partial charge in [0.15, 0.2) is 5.60 Å². The molecule has 1 saturated heterocycles. The molecule has 0 radical (unpaired) electrons. The summed E-state index contributed by atoms with van der Waals surface area (Å²) in [4.78, 5) is 16.0. The van der Waals surface area contributed by atoms with Crippen LogP contribution in [0.1, 0.15) is 36.1 Å². The molecule has 3 aromatic rings. The first-order chi connectivity index (χ1) is 14.6. The van der Waals surface area contributed by atoms with E-state index >= 15 is 0 Å². The smallest absolute Gasteiger partial charge is 0.362 e. The van der Waals surface area contributed by atoms with Crippen LogP contribution in [0.15, 0.2) is 66.9 Å². The number of hydrogen-bond acceptors (Lipinski definition) is 5. The van der Waals surface area contributed by atoms with Gasteiger partial charge in [0.25, 0.3) is 0 Å². The normalized spacial score (nSPS) is 17.1. The van der Waals surface area contributed by atoms with Gasteiger partial charge in [0.1, 0.15) is 5.69 Å². The van der Waals surface area contributed by atoms with Crippen molar-refractivity contribution >= 4 is 6.03 Å². The van der Waals surface area contributed by atoms with Crippen molar-refractivity contribution < 1.29 is 14.6 Å². The van der Waals surface area contributed by atoms with Crippen molar-refractivity contribution in [3.05, 3.63) is 83.7 Å². The second kappa shape index (κ2) is 8.77. The second-order valence-corrected chi connectivity index (χ2v) is 7.54. The summed E-state index contributed by atoms with van der Waals surface area (Å²) in [6.45, 7) is 1.13. The fraction of sp³-hybridized carbons (Fsp3) is 0.348. The maximum atomic E-state index is 13.1. The molecule has 0 spiro atoms. The molecular formula is C23H26N4O3. The number of methoxy groups -OCH3 is 1. The Morgan fingerprint density at radius 3 is 2.33 bits per heavy atom. The highest BCUT2D eigenvalue weighted by Crippen LogP contribution is 2.35. The van der Waals surface area contributed by atoms with Crippen LogP contribution >= 0.6 is 0 Å². The first kappa shape index (κ1) is 20.3. The standard InChI is InChI=1S/C23H26N4O3/c1-30-17-20-14-8-9-15-26(20)22(28)27-24-16-21(25-27)23(29,18-10-4-2-5-11-18)19-12-6-3-7-13-19/h2-7,10-13,16,20,29H,8-9,14-15,17H2,1H3. The molecule has 7 nitrogen and oxygen atoms in total. The van der Waals surface area contributed by atoms with Crippen molar-refractivity contribution in [2.24, 2.45) is 0 Å². The minimum atomic E-state index is -1.52. The number of amides is 1. The third-order valence-corrected chi connectivity index (χ3v) is 5.65. The minimum absolute atomic E-state index is 0.00725. The van der Waals surface area contributed by atoms with Crippen LogP contribution in [0.3, 0.4) is 0 Å². The Kier molecular flexibility index (Phi) is 5.92. The number of rotatable bonds is 5. The van der Waals surface area contributed by atoms with Gasteiger partial charge in [0, 0.05) is 13.7 Å². The summed E-state index contributed by atoms with van der Waals surface area (Å²) >= 11 is 0. The molecule has 0 saturated carbocycles. The molecular weight excluding hydrogens is 380 g/mol. The molecule has 1 aliphatic heterocycles. The number of hydrogen-bond donors (Lipinski definition) is 1. The maximum Gasteiger partial charge on any atom is 0.362 e. The molecule has 156 valence electrons. The molecule has 2 heterocycles. The first-order valence-corrected chi connectivity index (χ1v) is 10.2. The lowest BCUT2D eigenvalue weighted by Gasteiger charge is -2.34. The van der Waals surface area contributed by atoms with Crippen molar-refractivity contribution in [1.29, 1.82) is 0 Å². The van der Waals surface area contributed by atoms with Crippen LogP contribution in [0, 0.1) is 0 Å². The molecule has 1 fully saturated rings. The number of ether oxygens (including phenoxy) is 1. The maximum absolute atomic E-state index is 13.1. The molecule has 1 aliphatic rings. The van der Waals surface area contributed by atoms with Crippen LogP contribution in [-0.2, 0) is 10.3 Å². The summed E-state index contributed by atoms with van der Waals surface area (Å²) in [7, 11) is 1.64. The summed E-state index contributed by atoms with van der Waals surface area (Å²) in [5, 5.41) is 20.5. The van der Waals surface area contributed by atoms with Gasteiger partial charge in [-0.05, 0) is 30.4 Å². The van der Waals surface area contributed by atoms with E-state index in [-0.39, 0.29) is 12.1 Å². The number of nitrogens with zero attached hydrogens (tertiary/aromatic N) is 4. The van der Waals surface area contributed by atoms with E-state index < -0.39 is 5.60 Å². The van der Waals surface area contributed by atoms with Gasteiger partial charge >= 0.3 is 6.03 Å². The molecule has 1 atom stereocenters. The summed E-state index contributed by atoms with van der Waals surface area (Å²) in [6, 6.07) is 18.3. The number of carbonyl (C=O) groups is 1. The molecule has 1 unspecified atom stereocenters. The average Bonchev–Trinajstić information content (AvgIpc) is 3.31. The zero-order valence-corrected chi connectivity index (χ0v) is 17.0. The molecule has 1 amide bonds. The Labute approximate surface area is 175 Å². The lowest BCUT2D eigenvalue weighted by atomic mass is 9.84. The molecule has 1 N–H and O–H groups in total. The number of carbonyl (C=O) groups excluding carboxylic acids is 1. The highest BCUT2D eigenvalue weighted by atomic mass is 16.5. The summed E-state index contributed by atoms with van der Waals surface area (Å²) in [6.07, 6.45) is 4.37. The van der Waals surface area contributed by atoms with E-state index in [1.54, 1.807) is 12.0 Å². The fourth-order valence-electron chi connectivity index (χ4n) is 4.08. The molecule has 4 rings (SSSR count). The van der Waals surface area contributed by atoms with Crippen molar-refractivity contribution in [2.45, 2.75) is 30.9 Å². The number of benzene rings is 2. The first-order valence-electron chi connectivity index (χ1n) is 10.2. The molecule has 7 heteroatoms. The van der Waals surface area contributed by atoms with Crippen LogP contribution in [0.4, 0.5) is 4.79 Å². The van der Waals surface area contributed by atoms with Crippen LogP contribution in [0.5, 0.6) is 0 Å². The van der Waals surface area contributed by atoms with E-state index in [9.17, 15) is 9.90 Å². The number of aromatic nitrogens is 3. The monoisotopic (exact) mass is 406 g/mol. The zero-order chi connectivity index (χ0) is 21.0. The van der Waals surface area contributed by atoms with Crippen molar-refractivity contribution in [3.63, 3.8) is 0 Å². The van der Waals surface area contributed by atoms with Crippen LogP contribution in [-0.4, -0.2) is 57.3 Å². The van der Waals surface area contributed by atoms with Gasteiger partial charge in [-0.2, -0.15) is 5.10 Å². The molecule has 1 aromatic heterocycles. The largest absolute Gasteiger partial charge is 0.383 e. The zero-order valence-electron chi connectivity index (χ0n) is 17.0. The molecule has 0 bridgehead atoms. The summed E-state index contributed by atoms with van der Waals surface area (Å²) < 4.78 is 5.29. The Morgan fingerprint density at radius 2 is 1.73 bits per heavy atom. The third-order valence-electron chi connectivity index (χ3n) is 5.65. The summed E-state index contributed by atoms with van der Waals surface area (Å²) in [5.41, 5.74) is 0.0972. The summed E-state index contributed by atoms with van der Waals surface area (Å²) in [5.74, 6) is 0. The van der Waals surface area contributed by atoms with Gasteiger partial charge in [0.2, 0.25) is 0 Å². The van der Waals surface area contributed by atoms with Gasteiger partial charge in [0.05, 0.1) is 18.8 Å². The third kappa shape index (κ3) is 3.74. The van der Waals surface area contributed by atoms with Gasteiger partial charge in [-0.3, -0.25) is 0 Å². The number of likely N-dealkylation sites (tertiary alicyclic amines) is 1. The highest BCUT2D eigenvalue weighted by Gasteiger charge is 2.38. The van der Waals surface area contributed by atoms with Crippen LogP contribution in [0.2, 0.25) is 0 Å². The highest BCUT2D eigenvalue weighted by molar-refractivity contribution is 5.75. The van der Waals surface area contributed by atoms with Crippen molar-refractivity contribution in [1.82, 2.24) is 19.9 Å². The van der Waals surface area contributed by atoms with Gasteiger partial charge in [-0.15, -0.1) is 5.10 Å². The Balaban J connectivity index is 1.70. The van der Waals surface area contributed by atoms with Gasteiger partial charge < -0.3 is 14.7 Å². The van der Waals surface area contributed by atoms with Crippen LogP contribution < -0.4 is 0 Å². The Bertz CT molecular complexity index is 933. The topological polar surface area (TPSA) is 80.5 Å². The Morgan fingerprint density at radius 1 is 1.10 bits per heavy atom. The van der Waals surface area contributed by atoms with Crippen molar-refractivity contribution in [2.75, 3.05) is 20.3 Å². The van der Waals surface area contributed by atoms with E-state index in [4.69, 9.17) is 4.74 Å². The van der Waals surface area contributed by atoms with E-state index in [1.165, 1.54) is 6.20 Å². The van der Waals surface area contributed by atoms with Crippen LogP contribution in [0.25, 0.3) is 0 Å². The minimum Gasteiger partial charge on any atom is -0.383 e. The Hall–Kier alpha value is -3.03. The predicted octanol–water partition coefficient (Wildman–Crippen LogP) is 3.03. The van der Waals surface area contributed by atoms with Gasteiger partial charge in [-0.1, -0.05) is 65.5 Å². The number of aliphatic hydroxyl groups is 1. The quantitative estimate of drug-likeness (QED) is 0.704. The number of piperidine rings is 1. The van der Waals surface area contributed by atoms with Crippen molar-refractivity contribution in [3.8, 4) is 0 Å². The molecule has 30 heavy (non-hydrogen) atoms. The van der Waals surface area contributed by atoms with E-state index in [0.29, 0.717) is 30.0 Å². The fourth-order valence-corrected chi connectivity index (χ4v) is 4.08. The van der Waals surface area contributed by atoms with Gasteiger partial charge in [-0.25, -0.2) is 4.79 Å². The van der Waals surface area contributed by atoms with E-state index in [0.717, 1.165) is 24.1 Å². The molecule has 2 aromatic carbocycles. The van der Waals surface area contributed by atoms with E-state index in [2.05, 4.69) is 10.2 Å². The average molecular weight is 406 g/mol. The SMILES string of the molecule is COCC1CCCCN1C(=O)n1ncc(C(O)(c2ccccc2)c2ccccc2)n1.